The van der Waals surface area contributed by atoms with Gasteiger partial charge in [-0.25, -0.2) is 4.39 Å². The Morgan fingerprint density at radius 3 is 3.06 bits per heavy atom. The number of carbonyl (C=O) groups excluding carboxylic acids is 1. The fraction of sp³-hybridized carbons (Fsp3) is 0.400. The van der Waals surface area contributed by atoms with Gasteiger partial charge in [0.25, 0.3) is 5.91 Å². The number of carbonyl (C=O) groups is 1. The van der Waals surface area contributed by atoms with E-state index in [1.165, 1.54) is 12.3 Å². The van der Waals surface area contributed by atoms with Crippen molar-refractivity contribution in [2.75, 3.05) is 26.4 Å². The number of nitrogens with one attached hydrogen (secondary N) is 1. The second kappa shape index (κ2) is 6.86. The molecule has 1 aromatic rings. The summed E-state index contributed by atoms with van der Waals surface area (Å²) in [7, 11) is 0. The van der Waals surface area contributed by atoms with Crippen molar-refractivity contribution in [2.24, 2.45) is 0 Å². The fourth-order valence-electron chi connectivity index (χ4n) is 1.06. The van der Waals surface area contributed by atoms with Crippen molar-refractivity contribution in [1.29, 1.82) is 0 Å². The Morgan fingerprint density at radius 2 is 2.38 bits per heavy atom. The van der Waals surface area contributed by atoms with Crippen LogP contribution in [0.3, 0.4) is 0 Å². The third-order valence-electron chi connectivity index (χ3n) is 1.78. The molecule has 1 rings (SSSR count). The average Bonchev–Trinajstić information content (AvgIpc) is 2.29. The molecule has 16 heavy (non-hydrogen) atoms. The van der Waals surface area contributed by atoms with Gasteiger partial charge >= 0.3 is 0 Å². The van der Waals surface area contributed by atoms with Crippen LogP contribution in [0.15, 0.2) is 18.5 Å². The Labute approximate surface area is 92.3 Å². The monoisotopic (exact) mass is 228 g/mol. The van der Waals surface area contributed by atoms with E-state index in [9.17, 15) is 9.18 Å². The lowest BCUT2D eigenvalue weighted by atomic mass is 10.2. The van der Waals surface area contributed by atoms with Gasteiger partial charge in [-0.05, 0) is 6.07 Å². The number of pyridine rings is 1. The number of aromatic nitrogens is 1. The van der Waals surface area contributed by atoms with Crippen LogP contribution in [-0.4, -0.2) is 42.4 Å². The quantitative estimate of drug-likeness (QED) is 0.670. The molecule has 0 saturated heterocycles. The van der Waals surface area contributed by atoms with Gasteiger partial charge in [-0.15, -0.1) is 0 Å². The van der Waals surface area contributed by atoms with E-state index in [4.69, 9.17) is 9.84 Å². The maximum Gasteiger partial charge on any atom is 0.254 e. The second-order valence-corrected chi connectivity index (χ2v) is 2.95. The third-order valence-corrected chi connectivity index (χ3v) is 1.78. The van der Waals surface area contributed by atoms with Gasteiger partial charge in [-0.3, -0.25) is 9.78 Å². The summed E-state index contributed by atoms with van der Waals surface area (Å²) in [4.78, 5) is 15.0. The summed E-state index contributed by atoms with van der Waals surface area (Å²) < 4.78 is 18.0. The van der Waals surface area contributed by atoms with Gasteiger partial charge in [0, 0.05) is 12.7 Å². The number of hydrogen-bond acceptors (Lipinski definition) is 4. The summed E-state index contributed by atoms with van der Waals surface area (Å²) >= 11 is 0. The van der Waals surface area contributed by atoms with E-state index in [2.05, 4.69) is 10.3 Å². The van der Waals surface area contributed by atoms with E-state index in [-0.39, 0.29) is 31.9 Å². The summed E-state index contributed by atoms with van der Waals surface area (Å²) in [6.45, 7) is 0.700. The molecule has 0 aliphatic carbocycles. The van der Waals surface area contributed by atoms with E-state index >= 15 is 0 Å². The first-order valence-corrected chi connectivity index (χ1v) is 4.82. The molecule has 0 atom stereocenters. The van der Waals surface area contributed by atoms with Gasteiger partial charge < -0.3 is 15.2 Å². The van der Waals surface area contributed by atoms with Crippen LogP contribution in [-0.2, 0) is 4.74 Å². The van der Waals surface area contributed by atoms with Gasteiger partial charge in [0.05, 0.1) is 31.6 Å². The summed E-state index contributed by atoms with van der Waals surface area (Å²) in [5.41, 5.74) is -0.0443. The topological polar surface area (TPSA) is 71.5 Å². The number of aliphatic hydroxyl groups is 1. The normalized spacial score (nSPS) is 10.1. The van der Waals surface area contributed by atoms with Crippen molar-refractivity contribution >= 4 is 5.91 Å². The first-order valence-electron chi connectivity index (χ1n) is 4.82. The van der Waals surface area contributed by atoms with E-state index in [1.54, 1.807) is 0 Å². The van der Waals surface area contributed by atoms with Gasteiger partial charge in [-0.1, -0.05) is 0 Å². The van der Waals surface area contributed by atoms with Crippen LogP contribution in [0.4, 0.5) is 4.39 Å². The number of rotatable bonds is 6. The van der Waals surface area contributed by atoms with Gasteiger partial charge in [0.2, 0.25) is 0 Å². The zero-order chi connectivity index (χ0) is 11.8. The highest BCUT2D eigenvalue weighted by Gasteiger charge is 2.09. The van der Waals surface area contributed by atoms with Crippen molar-refractivity contribution in [3.8, 4) is 0 Å². The van der Waals surface area contributed by atoms with E-state index < -0.39 is 11.7 Å². The molecular weight excluding hydrogens is 215 g/mol. The molecule has 0 aliphatic heterocycles. The fourth-order valence-corrected chi connectivity index (χ4v) is 1.06. The largest absolute Gasteiger partial charge is 0.394 e. The maximum atomic E-state index is 13.1. The van der Waals surface area contributed by atoms with E-state index in [0.29, 0.717) is 0 Å². The molecule has 0 aromatic carbocycles. The average molecular weight is 228 g/mol. The summed E-state index contributed by atoms with van der Waals surface area (Å²) in [5, 5.41) is 10.9. The Balaban J connectivity index is 2.33. The smallest absolute Gasteiger partial charge is 0.254 e. The molecule has 0 fully saturated rings. The molecule has 0 spiro atoms. The number of nitrogens with zero attached hydrogens (tertiary/aromatic N) is 1. The highest BCUT2D eigenvalue weighted by Crippen LogP contribution is 2.03. The molecule has 2 N–H and O–H groups in total. The first-order chi connectivity index (χ1) is 7.75. The van der Waals surface area contributed by atoms with Crippen LogP contribution in [0.25, 0.3) is 0 Å². The molecule has 1 heterocycles. The molecule has 5 nitrogen and oxygen atoms in total. The second-order valence-electron chi connectivity index (χ2n) is 2.95. The summed E-state index contributed by atoms with van der Waals surface area (Å²) in [5.74, 6) is -1.16. The van der Waals surface area contributed by atoms with Crippen molar-refractivity contribution in [3.05, 3.63) is 29.8 Å². The highest BCUT2D eigenvalue weighted by molar-refractivity contribution is 5.94. The zero-order valence-electron chi connectivity index (χ0n) is 8.65. The molecule has 0 bridgehead atoms. The Bertz CT molecular complexity index is 347. The first kappa shape index (κ1) is 12.5. The lowest BCUT2D eigenvalue weighted by Crippen LogP contribution is -2.28. The molecular formula is C10H13FN2O3. The SMILES string of the molecule is O=C(NCCOCCO)c1ccncc1F. The van der Waals surface area contributed by atoms with E-state index in [0.717, 1.165) is 6.20 Å². The lowest BCUT2D eigenvalue weighted by Gasteiger charge is -2.05. The number of hydrogen-bond donors (Lipinski definition) is 2. The standard InChI is InChI=1S/C10H13FN2O3/c11-9-7-12-2-1-8(9)10(15)13-3-5-16-6-4-14/h1-2,7,14H,3-6H2,(H,13,15). The third kappa shape index (κ3) is 3.92. The van der Waals surface area contributed by atoms with Crippen LogP contribution < -0.4 is 5.32 Å². The summed E-state index contributed by atoms with van der Waals surface area (Å²) in [6, 6.07) is 1.30. The number of ether oxygens (including phenoxy) is 1. The molecule has 1 aromatic heterocycles. The van der Waals surface area contributed by atoms with Gasteiger partial charge in [0.1, 0.15) is 0 Å². The Hall–Kier alpha value is -1.53. The molecule has 1 amide bonds. The van der Waals surface area contributed by atoms with Crippen LogP contribution >= 0.6 is 0 Å². The minimum Gasteiger partial charge on any atom is -0.394 e. The van der Waals surface area contributed by atoms with Crippen molar-refractivity contribution in [1.82, 2.24) is 10.3 Å². The minimum absolute atomic E-state index is 0.0443. The molecule has 0 saturated carbocycles. The minimum atomic E-state index is -0.656. The van der Waals surface area contributed by atoms with Crippen molar-refractivity contribution in [3.63, 3.8) is 0 Å². The van der Waals surface area contributed by atoms with Crippen LogP contribution in [0.5, 0.6) is 0 Å². The zero-order valence-corrected chi connectivity index (χ0v) is 8.65. The predicted octanol–water partition coefficient (Wildman–Crippen LogP) is -0.0406. The highest BCUT2D eigenvalue weighted by atomic mass is 19.1. The number of aliphatic hydroxyl groups excluding tert-OH is 1. The van der Waals surface area contributed by atoms with E-state index in [1.807, 2.05) is 0 Å². The number of amides is 1. The van der Waals surface area contributed by atoms with Crippen molar-refractivity contribution in [2.45, 2.75) is 0 Å². The van der Waals surface area contributed by atoms with Crippen LogP contribution in [0.1, 0.15) is 10.4 Å². The summed E-state index contributed by atoms with van der Waals surface area (Å²) in [6.07, 6.45) is 2.33. The van der Waals surface area contributed by atoms with Gasteiger partial charge in [0.15, 0.2) is 5.82 Å². The molecule has 88 valence electrons. The van der Waals surface area contributed by atoms with Crippen LogP contribution in [0.2, 0.25) is 0 Å². The molecule has 0 unspecified atom stereocenters. The Morgan fingerprint density at radius 1 is 1.56 bits per heavy atom. The molecule has 0 radical (unpaired) electrons. The Kier molecular flexibility index (Phi) is 5.38. The van der Waals surface area contributed by atoms with Gasteiger partial charge in [-0.2, -0.15) is 0 Å². The molecule has 6 heteroatoms. The lowest BCUT2D eigenvalue weighted by molar-refractivity contribution is 0.0835. The molecule has 0 aliphatic rings. The number of halogens is 1. The van der Waals surface area contributed by atoms with Crippen LogP contribution in [0, 0.1) is 5.82 Å². The predicted molar refractivity (Wildman–Crippen MR) is 54.4 cm³/mol. The maximum absolute atomic E-state index is 13.1. The van der Waals surface area contributed by atoms with Crippen molar-refractivity contribution < 1.29 is 19.0 Å².